The molecule has 4 heteroatoms. The van der Waals surface area contributed by atoms with E-state index in [1.54, 1.807) is 4.68 Å². The van der Waals surface area contributed by atoms with Crippen molar-refractivity contribution in [2.24, 2.45) is 0 Å². The van der Waals surface area contributed by atoms with Crippen molar-refractivity contribution in [3.8, 4) is 17.3 Å². The van der Waals surface area contributed by atoms with Gasteiger partial charge in [-0.05, 0) is 17.0 Å². The molecule has 114 valence electrons. The lowest BCUT2D eigenvalue weighted by Crippen LogP contribution is -2.04. The van der Waals surface area contributed by atoms with Crippen LogP contribution in [0.3, 0.4) is 0 Å². The van der Waals surface area contributed by atoms with Crippen LogP contribution in [0.15, 0.2) is 54.6 Å². The molecular formula is C19H18N4. The van der Waals surface area contributed by atoms with Crippen LogP contribution in [-0.2, 0) is 6.54 Å². The van der Waals surface area contributed by atoms with E-state index in [-0.39, 0.29) is 0 Å². The van der Waals surface area contributed by atoms with Crippen LogP contribution in [0, 0.1) is 11.3 Å². The molecule has 0 spiro atoms. The molecule has 0 bridgehead atoms. The lowest BCUT2D eigenvalue weighted by Gasteiger charge is -2.09. The van der Waals surface area contributed by atoms with E-state index in [1.165, 1.54) is 5.56 Å². The molecule has 1 heterocycles. The maximum Gasteiger partial charge on any atom is 0.190 e. The van der Waals surface area contributed by atoms with Gasteiger partial charge in [-0.2, -0.15) is 5.26 Å². The van der Waals surface area contributed by atoms with Gasteiger partial charge >= 0.3 is 0 Å². The summed E-state index contributed by atoms with van der Waals surface area (Å²) in [5, 5.41) is 17.5. The first-order chi connectivity index (χ1) is 11.2. The molecule has 0 aliphatic heterocycles. The predicted molar refractivity (Wildman–Crippen MR) is 89.8 cm³/mol. The fourth-order valence-electron chi connectivity index (χ4n) is 2.56. The van der Waals surface area contributed by atoms with E-state index in [0.717, 1.165) is 16.8 Å². The van der Waals surface area contributed by atoms with Gasteiger partial charge in [0.25, 0.3) is 0 Å². The minimum absolute atomic E-state index is 0.356. The minimum atomic E-state index is 0.356. The molecule has 0 aliphatic carbocycles. The third-order valence-corrected chi connectivity index (χ3v) is 3.87. The summed E-state index contributed by atoms with van der Waals surface area (Å²) in [5.41, 5.74) is 4.53. The highest BCUT2D eigenvalue weighted by molar-refractivity contribution is 5.64. The van der Waals surface area contributed by atoms with Crippen LogP contribution in [0.25, 0.3) is 11.3 Å². The summed E-state index contributed by atoms with van der Waals surface area (Å²) >= 11 is 0. The Morgan fingerprint density at radius 1 is 1.04 bits per heavy atom. The molecule has 2 aromatic carbocycles. The zero-order valence-corrected chi connectivity index (χ0v) is 13.3. The first-order valence-electron chi connectivity index (χ1n) is 7.67. The Morgan fingerprint density at radius 3 is 2.35 bits per heavy atom. The van der Waals surface area contributed by atoms with Gasteiger partial charge in [-0.25, -0.2) is 4.68 Å². The Morgan fingerprint density at radius 2 is 1.74 bits per heavy atom. The summed E-state index contributed by atoms with van der Waals surface area (Å²) in [4.78, 5) is 0. The Balaban J connectivity index is 1.95. The second kappa shape index (κ2) is 6.45. The molecule has 0 N–H and O–H groups in total. The third-order valence-electron chi connectivity index (χ3n) is 3.87. The van der Waals surface area contributed by atoms with Gasteiger partial charge in [-0.15, -0.1) is 5.10 Å². The first kappa shape index (κ1) is 15.0. The molecule has 0 saturated heterocycles. The van der Waals surface area contributed by atoms with Gasteiger partial charge in [0.05, 0.1) is 6.54 Å². The normalized spacial score (nSPS) is 10.7. The van der Waals surface area contributed by atoms with Crippen LogP contribution in [0.2, 0.25) is 0 Å². The quantitative estimate of drug-likeness (QED) is 0.732. The van der Waals surface area contributed by atoms with Gasteiger partial charge in [0.2, 0.25) is 0 Å². The van der Waals surface area contributed by atoms with Gasteiger partial charge in [-0.1, -0.05) is 73.7 Å². The average Bonchev–Trinajstić information content (AvgIpc) is 2.99. The van der Waals surface area contributed by atoms with Crippen molar-refractivity contribution in [2.75, 3.05) is 0 Å². The van der Waals surface area contributed by atoms with E-state index in [9.17, 15) is 5.26 Å². The van der Waals surface area contributed by atoms with Crippen molar-refractivity contribution < 1.29 is 0 Å². The van der Waals surface area contributed by atoms with E-state index in [1.807, 2.05) is 30.3 Å². The molecular weight excluding hydrogens is 284 g/mol. The third kappa shape index (κ3) is 3.14. The molecule has 3 rings (SSSR count). The summed E-state index contributed by atoms with van der Waals surface area (Å²) in [7, 11) is 0. The van der Waals surface area contributed by atoms with Gasteiger partial charge in [0.15, 0.2) is 5.69 Å². The molecule has 0 aliphatic rings. The molecule has 0 atom stereocenters. The Kier molecular flexibility index (Phi) is 4.20. The van der Waals surface area contributed by atoms with Crippen LogP contribution in [0.4, 0.5) is 0 Å². The van der Waals surface area contributed by atoms with E-state index >= 15 is 0 Å². The number of nitrogens with zero attached hydrogens (tertiary/aromatic N) is 4. The number of hydrogen-bond acceptors (Lipinski definition) is 3. The van der Waals surface area contributed by atoms with Gasteiger partial charge in [0, 0.05) is 5.56 Å². The summed E-state index contributed by atoms with van der Waals surface area (Å²) in [6.45, 7) is 4.95. The van der Waals surface area contributed by atoms with Crippen molar-refractivity contribution in [1.82, 2.24) is 15.0 Å². The molecule has 4 nitrogen and oxygen atoms in total. The molecule has 3 aromatic rings. The molecule has 1 aromatic heterocycles. The van der Waals surface area contributed by atoms with E-state index < -0.39 is 0 Å². The molecule has 0 fully saturated rings. The zero-order valence-electron chi connectivity index (χ0n) is 13.3. The van der Waals surface area contributed by atoms with Crippen molar-refractivity contribution in [1.29, 1.82) is 5.26 Å². The molecule has 0 unspecified atom stereocenters. The largest absolute Gasteiger partial charge is 0.239 e. The van der Waals surface area contributed by atoms with Gasteiger partial charge in [0.1, 0.15) is 11.8 Å². The first-order valence-corrected chi connectivity index (χ1v) is 7.67. The smallest absolute Gasteiger partial charge is 0.190 e. The van der Waals surface area contributed by atoms with E-state index in [0.29, 0.717) is 18.2 Å². The monoisotopic (exact) mass is 302 g/mol. The maximum atomic E-state index is 9.29. The lowest BCUT2D eigenvalue weighted by atomic mass is 10.0. The lowest BCUT2D eigenvalue weighted by molar-refractivity contribution is 0.655. The van der Waals surface area contributed by atoms with E-state index in [2.05, 4.69) is 54.5 Å². The standard InChI is InChI=1S/C19H18N4/c1-14(2)16-10-8-15(9-11-16)13-23-19(18(12-20)21-22-23)17-6-4-3-5-7-17/h3-11,14H,13H2,1-2H3. The number of hydrogen-bond donors (Lipinski definition) is 0. The minimum Gasteiger partial charge on any atom is -0.239 e. The van der Waals surface area contributed by atoms with Crippen molar-refractivity contribution in [2.45, 2.75) is 26.3 Å². The number of nitriles is 1. The van der Waals surface area contributed by atoms with Crippen molar-refractivity contribution >= 4 is 0 Å². The van der Waals surface area contributed by atoms with Crippen molar-refractivity contribution in [3.63, 3.8) is 0 Å². The van der Waals surface area contributed by atoms with Gasteiger partial charge < -0.3 is 0 Å². The summed E-state index contributed by atoms with van der Waals surface area (Å²) in [5.74, 6) is 0.514. The highest BCUT2D eigenvalue weighted by Crippen LogP contribution is 2.23. The van der Waals surface area contributed by atoms with Gasteiger partial charge in [-0.3, -0.25) is 0 Å². The average molecular weight is 302 g/mol. The van der Waals surface area contributed by atoms with Crippen LogP contribution in [0.5, 0.6) is 0 Å². The Hall–Kier alpha value is -2.93. The highest BCUT2D eigenvalue weighted by atomic mass is 15.4. The van der Waals surface area contributed by atoms with E-state index in [4.69, 9.17) is 0 Å². The number of benzene rings is 2. The molecule has 0 radical (unpaired) electrons. The maximum absolute atomic E-state index is 9.29. The SMILES string of the molecule is CC(C)c1ccc(Cn2nnc(C#N)c2-c2ccccc2)cc1. The summed E-state index contributed by atoms with van der Waals surface area (Å²) < 4.78 is 1.79. The molecule has 0 saturated carbocycles. The Bertz CT molecular complexity index is 824. The number of rotatable bonds is 4. The van der Waals surface area contributed by atoms with Crippen LogP contribution >= 0.6 is 0 Å². The van der Waals surface area contributed by atoms with Crippen LogP contribution in [0.1, 0.15) is 36.6 Å². The number of aromatic nitrogens is 3. The fraction of sp³-hybridized carbons (Fsp3) is 0.211. The van der Waals surface area contributed by atoms with Crippen molar-refractivity contribution in [3.05, 3.63) is 71.4 Å². The second-order valence-corrected chi connectivity index (χ2v) is 5.82. The molecule has 0 amide bonds. The summed E-state index contributed by atoms with van der Waals surface area (Å²) in [6, 6.07) is 20.4. The Labute approximate surface area is 136 Å². The zero-order chi connectivity index (χ0) is 16.2. The predicted octanol–water partition coefficient (Wildman–Crippen LogP) is 3.99. The van der Waals surface area contributed by atoms with Crippen LogP contribution < -0.4 is 0 Å². The van der Waals surface area contributed by atoms with Crippen LogP contribution in [-0.4, -0.2) is 15.0 Å². The second-order valence-electron chi connectivity index (χ2n) is 5.82. The molecule has 23 heavy (non-hydrogen) atoms. The topological polar surface area (TPSA) is 54.5 Å². The highest BCUT2D eigenvalue weighted by Gasteiger charge is 2.14. The summed E-state index contributed by atoms with van der Waals surface area (Å²) in [6.07, 6.45) is 0. The fourth-order valence-corrected chi connectivity index (χ4v) is 2.56.